The molecule has 1 amide bonds. The predicted molar refractivity (Wildman–Crippen MR) is 140 cm³/mol. The van der Waals surface area contributed by atoms with Crippen LogP contribution < -0.4 is 15.1 Å². The molecule has 1 aliphatic heterocycles. The molecular weight excluding hydrogens is 422 g/mol. The SMILES string of the molecule is CCN(CC)c1ccc(NC(=O)c2ccc(N3CCC(Cc4ccccc4)CC3)nn2)c(C)c1. The van der Waals surface area contributed by atoms with Crippen molar-refractivity contribution in [2.24, 2.45) is 5.92 Å². The Balaban J connectivity index is 1.32. The standard InChI is InChI=1S/C28H35N5O/c1-4-32(5-2)24-11-12-25(21(3)19-24)29-28(34)26-13-14-27(31-30-26)33-17-15-23(16-18-33)20-22-9-7-6-8-10-22/h6-14,19,23H,4-5,15-18,20H2,1-3H3,(H,29,34). The summed E-state index contributed by atoms with van der Waals surface area (Å²) in [5.74, 6) is 1.31. The first-order valence-electron chi connectivity index (χ1n) is 12.4. The molecule has 0 spiro atoms. The molecule has 0 radical (unpaired) electrons. The largest absolute Gasteiger partial charge is 0.372 e. The summed E-state index contributed by atoms with van der Waals surface area (Å²) in [4.78, 5) is 17.3. The van der Waals surface area contributed by atoms with Crippen LogP contribution in [0.5, 0.6) is 0 Å². The van der Waals surface area contributed by atoms with Gasteiger partial charge in [0.1, 0.15) is 0 Å². The first kappa shape index (κ1) is 23.7. The number of amides is 1. The van der Waals surface area contributed by atoms with Crippen LogP contribution in [0.4, 0.5) is 17.2 Å². The van der Waals surface area contributed by atoms with Crippen LogP contribution in [0.25, 0.3) is 0 Å². The van der Waals surface area contributed by atoms with Gasteiger partial charge in [0, 0.05) is 37.6 Å². The summed E-state index contributed by atoms with van der Waals surface area (Å²) in [6, 6.07) is 20.5. The van der Waals surface area contributed by atoms with E-state index in [4.69, 9.17) is 0 Å². The number of rotatable bonds is 8. The van der Waals surface area contributed by atoms with Crippen molar-refractivity contribution < 1.29 is 4.79 Å². The van der Waals surface area contributed by atoms with E-state index >= 15 is 0 Å². The molecule has 1 fully saturated rings. The lowest BCUT2D eigenvalue weighted by Gasteiger charge is -2.32. The monoisotopic (exact) mass is 457 g/mol. The number of carbonyl (C=O) groups excluding carboxylic acids is 1. The van der Waals surface area contributed by atoms with E-state index in [-0.39, 0.29) is 5.91 Å². The van der Waals surface area contributed by atoms with Crippen molar-refractivity contribution in [3.05, 3.63) is 77.5 Å². The third-order valence-electron chi connectivity index (χ3n) is 6.78. The molecule has 1 N–H and O–H groups in total. The Bertz CT molecular complexity index is 1070. The number of piperidine rings is 1. The van der Waals surface area contributed by atoms with Crippen LogP contribution in [0, 0.1) is 12.8 Å². The predicted octanol–water partition coefficient (Wildman–Crippen LogP) is 5.34. The van der Waals surface area contributed by atoms with Crippen molar-refractivity contribution in [1.82, 2.24) is 10.2 Å². The molecule has 0 unspecified atom stereocenters. The highest BCUT2D eigenvalue weighted by Gasteiger charge is 2.21. The fourth-order valence-corrected chi connectivity index (χ4v) is 4.69. The zero-order chi connectivity index (χ0) is 23.9. The van der Waals surface area contributed by atoms with E-state index in [0.29, 0.717) is 11.6 Å². The summed E-state index contributed by atoms with van der Waals surface area (Å²) >= 11 is 0. The molecule has 1 aliphatic rings. The summed E-state index contributed by atoms with van der Waals surface area (Å²) in [5.41, 5.74) is 4.73. The summed E-state index contributed by atoms with van der Waals surface area (Å²) in [7, 11) is 0. The fraction of sp³-hybridized carbons (Fsp3) is 0.393. The smallest absolute Gasteiger partial charge is 0.276 e. The summed E-state index contributed by atoms with van der Waals surface area (Å²) in [6.07, 6.45) is 3.41. The van der Waals surface area contributed by atoms with Crippen molar-refractivity contribution in [1.29, 1.82) is 0 Å². The van der Waals surface area contributed by atoms with Crippen molar-refractivity contribution >= 4 is 23.1 Å². The van der Waals surface area contributed by atoms with Gasteiger partial charge in [-0.2, -0.15) is 0 Å². The molecule has 34 heavy (non-hydrogen) atoms. The molecule has 2 aromatic carbocycles. The Morgan fingerprint density at radius 1 is 1.00 bits per heavy atom. The van der Waals surface area contributed by atoms with Gasteiger partial charge in [0.25, 0.3) is 5.91 Å². The minimum absolute atomic E-state index is 0.237. The Labute approximate surface area is 203 Å². The lowest BCUT2D eigenvalue weighted by molar-refractivity contribution is 0.102. The quantitative estimate of drug-likeness (QED) is 0.495. The molecule has 3 aromatic rings. The van der Waals surface area contributed by atoms with Gasteiger partial charge in [0.05, 0.1) is 0 Å². The summed E-state index contributed by atoms with van der Waals surface area (Å²) in [6.45, 7) is 10.1. The molecule has 0 atom stereocenters. The highest BCUT2D eigenvalue weighted by Crippen LogP contribution is 2.25. The fourth-order valence-electron chi connectivity index (χ4n) is 4.69. The number of aryl methyl sites for hydroxylation is 1. The van der Waals surface area contributed by atoms with E-state index in [9.17, 15) is 4.79 Å². The zero-order valence-electron chi connectivity index (χ0n) is 20.5. The number of carbonyl (C=O) groups is 1. The minimum atomic E-state index is -0.237. The molecule has 0 aliphatic carbocycles. The minimum Gasteiger partial charge on any atom is -0.372 e. The molecule has 6 heteroatoms. The van der Waals surface area contributed by atoms with Crippen molar-refractivity contribution in [2.45, 2.75) is 40.0 Å². The van der Waals surface area contributed by atoms with Crippen molar-refractivity contribution in [3.8, 4) is 0 Å². The van der Waals surface area contributed by atoms with Crippen LogP contribution in [0.1, 0.15) is 48.3 Å². The molecular formula is C28H35N5O. The average Bonchev–Trinajstić information content (AvgIpc) is 2.87. The van der Waals surface area contributed by atoms with Gasteiger partial charge < -0.3 is 15.1 Å². The molecule has 0 bridgehead atoms. The van der Waals surface area contributed by atoms with Gasteiger partial charge in [-0.25, -0.2) is 0 Å². The number of anilines is 3. The van der Waals surface area contributed by atoms with E-state index in [2.05, 4.69) is 75.6 Å². The number of hydrogen-bond donors (Lipinski definition) is 1. The third-order valence-corrected chi connectivity index (χ3v) is 6.78. The average molecular weight is 458 g/mol. The summed E-state index contributed by atoms with van der Waals surface area (Å²) < 4.78 is 0. The number of hydrogen-bond acceptors (Lipinski definition) is 5. The Morgan fingerprint density at radius 3 is 2.35 bits per heavy atom. The molecule has 0 saturated carbocycles. The van der Waals surface area contributed by atoms with Gasteiger partial charge in [-0.15, -0.1) is 10.2 Å². The number of aromatic nitrogens is 2. The van der Waals surface area contributed by atoms with Crippen LogP contribution in [0.3, 0.4) is 0 Å². The van der Waals surface area contributed by atoms with E-state index in [1.807, 2.05) is 25.1 Å². The lowest BCUT2D eigenvalue weighted by Crippen LogP contribution is -2.35. The second kappa shape index (κ2) is 11.1. The topological polar surface area (TPSA) is 61.4 Å². The van der Waals surface area contributed by atoms with Crippen LogP contribution in [-0.2, 0) is 6.42 Å². The molecule has 2 heterocycles. The number of nitrogens with zero attached hydrogens (tertiary/aromatic N) is 4. The second-order valence-corrected chi connectivity index (χ2v) is 9.02. The van der Waals surface area contributed by atoms with Crippen molar-refractivity contribution in [3.63, 3.8) is 0 Å². The summed E-state index contributed by atoms with van der Waals surface area (Å²) in [5, 5.41) is 11.6. The Morgan fingerprint density at radius 2 is 1.74 bits per heavy atom. The van der Waals surface area contributed by atoms with E-state index in [1.54, 1.807) is 6.07 Å². The molecule has 1 saturated heterocycles. The van der Waals surface area contributed by atoms with Crippen LogP contribution in [0.2, 0.25) is 0 Å². The van der Waals surface area contributed by atoms with Crippen LogP contribution >= 0.6 is 0 Å². The first-order chi connectivity index (χ1) is 16.6. The Hall–Kier alpha value is -3.41. The van der Waals surface area contributed by atoms with E-state index in [1.165, 1.54) is 5.56 Å². The zero-order valence-corrected chi connectivity index (χ0v) is 20.5. The van der Waals surface area contributed by atoms with E-state index < -0.39 is 0 Å². The van der Waals surface area contributed by atoms with Crippen LogP contribution in [0.15, 0.2) is 60.7 Å². The highest BCUT2D eigenvalue weighted by molar-refractivity contribution is 6.03. The maximum Gasteiger partial charge on any atom is 0.276 e. The molecule has 1 aromatic heterocycles. The second-order valence-electron chi connectivity index (χ2n) is 9.02. The van der Waals surface area contributed by atoms with Gasteiger partial charge in [0.15, 0.2) is 11.5 Å². The lowest BCUT2D eigenvalue weighted by atomic mass is 9.90. The van der Waals surface area contributed by atoms with Crippen molar-refractivity contribution in [2.75, 3.05) is 41.3 Å². The number of benzene rings is 2. The number of nitrogens with one attached hydrogen (secondary N) is 1. The van der Waals surface area contributed by atoms with Gasteiger partial charge in [-0.05, 0) is 87.4 Å². The highest BCUT2D eigenvalue weighted by atomic mass is 16.1. The maximum absolute atomic E-state index is 12.8. The third kappa shape index (κ3) is 5.74. The molecule has 4 rings (SSSR count). The van der Waals surface area contributed by atoms with Gasteiger partial charge in [-0.1, -0.05) is 30.3 Å². The Kier molecular flexibility index (Phi) is 7.78. The maximum atomic E-state index is 12.8. The van der Waals surface area contributed by atoms with Gasteiger partial charge in [0.2, 0.25) is 0 Å². The van der Waals surface area contributed by atoms with Gasteiger partial charge >= 0.3 is 0 Å². The first-order valence-corrected chi connectivity index (χ1v) is 12.4. The normalized spacial score (nSPS) is 14.1. The van der Waals surface area contributed by atoms with Crippen LogP contribution in [-0.4, -0.2) is 42.3 Å². The van der Waals surface area contributed by atoms with Gasteiger partial charge in [-0.3, -0.25) is 4.79 Å². The van der Waals surface area contributed by atoms with E-state index in [0.717, 1.165) is 68.2 Å². The molecule has 6 nitrogen and oxygen atoms in total. The molecule has 178 valence electrons.